The van der Waals surface area contributed by atoms with E-state index in [0.717, 1.165) is 38.5 Å². The maximum Gasteiger partial charge on any atom is 0.181 e. The molecule has 1 spiro atoms. The van der Waals surface area contributed by atoms with Gasteiger partial charge in [-0.1, -0.05) is 13.8 Å². The molecule has 0 bridgehead atoms. The summed E-state index contributed by atoms with van der Waals surface area (Å²) in [7, 11) is 0. The molecule has 5 aliphatic rings. The van der Waals surface area contributed by atoms with E-state index in [1.165, 1.54) is 0 Å². The van der Waals surface area contributed by atoms with E-state index in [9.17, 15) is 15.2 Å². The van der Waals surface area contributed by atoms with Gasteiger partial charge in [-0.25, -0.2) is 0 Å². The molecule has 1 saturated heterocycles. The number of hydrogen-bond donors (Lipinski definition) is 1. The fourth-order valence-corrected chi connectivity index (χ4v) is 7.66. The topological polar surface area (TPSA) is 73.6 Å². The lowest BCUT2D eigenvalue weighted by molar-refractivity contribution is -0.138. The minimum atomic E-state index is -0.489. The predicted octanol–water partition coefficient (Wildman–Crippen LogP) is 2.84. The first kappa shape index (κ1) is 15.3. The smallest absolute Gasteiger partial charge is 0.181 e. The van der Waals surface area contributed by atoms with Crippen molar-refractivity contribution < 1.29 is 14.6 Å². The lowest BCUT2D eigenvalue weighted by atomic mass is 9.44. The van der Waals surface area contributed by atoms with Crippen LogP contribution < -0.4 is 0 Å². The van der Waals surface area contributed by atoms with Gasteiger partial charge in [0, 0.05) is 5.41 Å². The first-order valence-electron chi connectivity index (χ1n) is 9.67. The molecule has 9 atom stereocenters. The quantitative estimate of drug-likeness (QED) is 0.694. The molecule has 4 nitrogen and oxygen atoms in total. The van der Waals surface area contributed by atoms with Crippen LogP contribution in [0.5, 0.6) is 0 Å². The summed E-state index contributed by atoms with van der Waals surface area (Å²) in [4.78, 5) is 12.4. The lowest BCUT2D eigenvalue weighted by Crippen LogP contribution is -2.59. The molecule has 0 aromatic heterocycles. The summed E-state index contributed by atoms with van der Waals surface area (Å²) < 4.78 is 6.07. The summed E-state index contributed by atoms with van der Waals surface area (Å²) in [5.41, 5.74) is -0.252. The number of Topliss-reactive ketones (excluding diaryl/α,β-unsaturated/α-hetero) is 1. The average Bonchev–Trinajstić information content (AvgIpc) is 3.23. The Balaban J connectivity index is 1.53. The number of epoxide rings is 1. The van der Waals surface area contributed by atoms with Gasteiger partial charge in [0.15, 0.2) is 5.78 Å². The Morgan fingerprint density at radius 2 is 1.96 bits per heavy atom. The number of carbonyl (C=O) groups excluding carboxylic acids is 1. The van der Waals surface area contributed by atoms with Gasteiger partial charge in [-0.05, 0) is 68.1 Å². The largest absolute Gasteiger partial charge is 0.393 e. The summed E-state index contributed by atoms with van der Waals surface area (Å²) in [6.07, 6.45) is 6.53. The lowest BCUT2D eigenvalue weighted by Gasteiger charge is -2.59. The van der Waals surface area contributed by atoms with Crippen molar-refractivity contribution in [1.82, 2.24) is 0 Å². The first-order chi connectivity index (χ1) is 11.4. The number of aliphatic hydroxyl groups is 1. The van der Waals surface area contributed by atoms with Crippen LogP contribution in [0.4, 0.5) is 0 Å². The van der Waals surface area contributed by atoms with Crippen LogP contribution >= 0.6 is 0 Å². The molecular weight excluding hydrogens is 302 g/mol. The van der Waals surface area contributed by atoms with Crippen LogP contribution in [-0.2, 0) is 9.53 Å². The van der Waals surface area contributed by atoms with Crippen LogP contribution in [0.3, 0.4) is 0 Å². The predicted molar refractivity (Wildman–Crippen MR) is 86.7 cm³/mol. The van der Waals surface area contributed by atoms with E-state index in [0.29, 0.717) is 24.2 Å². The molecule has 24 heavy (non-hydrogen) atoms. The average molecular weight is 329 g/mol. The first-order valence-corrected chi connectivity index (χ1v) is 9.67. The van der Waals surface area contributed by atoms with Crippen LogP contribution in [-0.4, -0.2) is 28.7 Å². The Hall–Kier alpha value is -0.920. The third-order valence-electron chi connectivity index (χ3n) is 9.10. The molecule has 5 rings (SSSR count). The Bertz CT molecular complexity index is 656. The van der Waals surface area contributed by atoms with Gasteiger partial charge in [-0.15, -0.1) is 0 Å². The van der Waals surface area contributed by atoms with Crippen molar-refractivity contribution in [2.75, 3.05) is 0 Å². The molecule has 4 heteroatoms. The molecule has 0 amide bonds. The molecule has 1 unspecified atom stereocenters. The Morgan fingerprint density at radius 1 is 1.17 bits per heavy atom. The molecule has 1 heterocycles. The second-order valence-electron chi connectivity index (χ2n) is 9.65. The zero-order valence-electron chi connectivity index (χ0n) is 14.6. The monoisotopic (exact) mass is 329 g/mol. The molecule has 4 saturated carbocycles. The highest BCUT2D eigenvalue weighted by Gasteiger charge is 2.78. The highest BCUT2D eigenvalue weighted by molar-refractivity contribution is 5.92. The van der Waals surface area contributed by atoms with Gasteiger partial charge in [0.1, 0.15) is 17.6 Å². The summed E-state index contributed by atoms with van der Waals surface area (Å²) in [5, 5.41) is 20.0. The second kappa shape index (κ2) is 4.43. The summed E-state index contributed by atoms with van der Waals surface area (Å²) >= 11 is 0. The number of aliphatic hydroxyl groups excluding tert-OH is 1. The highest BCUT2D eigenvalue weighted by atomic mass is 16.6. The summed E-state index contributed by atoms with van der Waals surface area (Å²) in [5.74, 6) is 1.29. The summed E-state index contributed by atoms with van der Waals surface area (Å²) in [6, 6.07) is 2.25. The molecule has 0 radical (unpaired) electrons. The van der Waals surface area contributed by atoms with Crippen molar-refractivity contribution >= 4 is 5.78 Å². The second-order valence-corrected chi connectivity index (χ2v) is 9.65. The van der Waals surface area contributed by atoms with Crippen LogP contribution in [0, 0.1) is 45.8 Å². The number of carbonyl (C=O) groups is 1. The molecule has 1 aliphatic heterocycles. The standard InChI is InChI=1S/C20H27NO3/c1-18-7-6-14-12(13(18)3-4-15(18)22)5-8-20-17(24-20)16(23)11(10-21)9-19(14,20)2/h11-15,17,22H,3-9H2,1-2H3/t11-,12-,13-,14-,15-,17?,18-,19+,20-/m0/s1. The zero-order valence-corrected chi connectivity index (χ0v) is 14.6. The van der Waals surface area contributed by atoms with Crippen molar-refractivity contribution in [3.63, 3.8) is 0 Å². The van der Waals surface area contributed by atoms with Gasteiger partial charge in [0.2, 0.25) is 0 Å². The fraction of sp³-hybridized carbons (Fsp3) is 0.900. The molecule has 4 aliphatic carbocycles. The molecule has 0 aromatic rings. The Kier molecular flexibility index (Phi) is 2.83. The number of rotatable bonds is 0. The van der Waals surface area contributed by atoms with Crippen LogP contribution in [0.25, 0.3) is 0 Å². The minimum Gasteiger partial charge on any atom is -0.393 e. The van der Waals surface area contributed by atoms with E-state index < -0.39 is 5.92 Å². The molecule has 1 N–H and O–H groups in total. The van der Waals surface area contributed by atoms with Crippen LogP contribution in [0.2, 0.25) is 0 Å². The van der Waals surface area contributed by atoms with Gasteiger partial charge in [-0.2, -0.15) is 5.26 Å². The van der Waals surface area contributed by atoms with E-state index in [2.05, 4.69) is 19.9 Å². The minimum absolute atomic E-state index is 0.0327. The van der Waals surface area contributed by atoms with Gasteiger partial charge in [0.25, 0.3) is 0 Å². The number of nitriles is 1. The third kappa shape index (κ3) is 1.51. The number of ketones is 1. The van der Waals surface area contributed by atoms with Crippen LogP contribution in [0.15, 0.2) is 0 Å². The van der Waals surface area contributed by atoms with Crippen molar-refractivity contribution in [2.45, 2.75) is 76.6 Å². The van der Waals surface area contributed by atoms with Crippen molar-refractivity contribution in [2.24, 2.45) is 34.5 Å². The molecular formula is C20H27NO3. The summed E-state index contributed by atoms with van der Waals surface area (Å²) in [6.45, 7) is 4.59. The van der Waals surface area contributed by atoms with E-state index >= 15 is 0 Å². The zero-order chi connectivity index (χ0) is 16.9. The maximum absolute atomic E-state index is 12.4. The Morgan fingerprint density at radius 3 is 2.71 bits per heavy atom. The normalized spacial score (nSPS) is 61.2. The maximum atomic E-state index is 12.4. The Labute approximate surface area is 143 Å². The molecule has 5 fully saturated rings. The van der Waals surface area contributed by atoms with Gasteiger partial charge < -0.3 is 9.84 Å². The van der Waals surface area contributed by atoms with Crippen molar-refractivity contribution in [3.05, 3.63) is 0 Å². The van der Waals surface area contributed by atoms with Crippen molar-refractivity contribution in [1.29, 1.82) is 5.26 Å². The van der Waals surface area contributed by atoms with E-state index in [4.69, 9.17) is 4.74 Å². The van der Waals surface area contributed by atoms with E-state index in [1.807, 2.05) is 0 Å². The molecule has 0 aromatic carbocycles. The van der Waals surface area contributed by atoms with E-state index in [1.54, 1.807) is 0 Å². The molecule has 130 valence electrons. The van der Waals surface area contributed by atoms with Gasteiger partial charge in [-0.3, -0.25) is 4.79 Å². The van der Waals surface area contributed by atoms with E-state index in [-0.39, 0.29) is 34.4 Å². The highest BCUT2D eigenvalue weighted by Crippen LogP contribution is 2.72. The van der Waals surface area contributed by atoms with Gasteiger partial charge >= 0.3 is 0 Å². The number of nitrogens with zero attached hydrogens (tertiary/aromatic N) is 1. The van der Waals surface area contributed by atoms with Crippen molar-refractivity contribution in [3.8, 4) is 6.07 Å². The number of ether oxygens (including phenoxy) is 1. The number of fused-ring (bicyclic) bond motifs is 4. The van der Waals surface area contributed by atoms with Crippen LogP contribution in [0.1, 0.15) is 58.8 Å². The van der Waals surface area contributed by atoms with Gasteiger partial charge in [0.05, 0.1) is 12.2 Å². The fourth-order valence-electron chi connectivity index (χ4n) is 7.66. The SMILES string of the molecule is C[C@]12CC[C@H]3[C@@H](CC[C@]45OC4C(=O)[C@H](C#N)C[C@]35C)[C@@H]1CC[C@@H]2O. The number of hydrogen-bond acceptors (Lipinski definition) is 4. The third-order valence-corrected chi connectivity index (χ3v) is 9.10.